The van der Waals surface area contributed by atoms with Crippen LogP contribution in [0, 0.1) is 0 Å². The Kier molecular flexibility index (Phi) is 6.36. The van der Waals surface area contributed by atoms with Crippen LogP contribution in [0.2, 0.25) is 0 Å². The SMILES string of the molecule is CS(=O)(=O)O.OCCCN1c2ccccc2CCc2ccccc21. The summed E-state index contributed by atoms with van der Waals surface area (Å²) >= 11 is 0. The number of benzene rings is 2. The molecule has 1 aliphatic rings. The summed E-state index contributed by atoms with van der Waals surface area (Å²) in [6.45, 7) is 1.10. The fraction of sp³-hybridized carbons (Fsp3) is 0.333. The van der Waals surface area contributed by atoms with E-state index in [9.17, 15) is 8.42 Å². The normalized spacial score (nSPS) is 13.2. The summed E-state index contributed by atoms with van der Waals surface area (Å²) in [4.78, 5) is 2.36. The van der Waals surface area contributed by atoms with Crippen molar-refractivity contribution in [3.63, 3.8) is 0 Å². The van der Waals surface area contributed by atoms with Crippen LogP contribution >= 0.6 is 0 Å². The second-order valence-corrected chi connectivity index (χ2v) is 7.19. The van der Waals surface area contributed by atoms with Gasteiger partial charge in [-0.1, -0.05) is 36.4 Å². The van der Waals surface area contributed by atoms with Crippen LogP contribution in [0.15, 0.2) is 48.5 Å². The topological polar surface area (TPSA) is 77.8 Å². The number of para-hydroxylation sites is 2. The number of nitrogens with zero attached hydrogens (tertiary/aromatic N) is 1. The molecule has 1 heterocycles. The zero-order chi connectivity index (χ0) is 17.6. The molecule has 0 bridgehead atoms. The van der Waals surface area contributed by atoms with Crippen LogP contribution in [0.5, 0.6) is 0 Å². The highest BCUT2D eigenvalue weighted by atomic mass is 32.2. The number of aryl methyl sites for hydroxylation is 2. The number of rotatable bonds is 3. The van der Waals surface area contributed by atoms with Gasteiger partial charge in [-0.3, -0.25) is 4.55 Å². The summed E-state index contributed by atoms with van der Waals surface area (Å²) in [6, 6.07) is 17.2. The lowest BCUT2D eigenvalue weighted by Gasteiger charge is -2.26. The molecule has 130 valence electrons. The van der Waals surface area contributed by atoms with Crippen molar-refractivity contribution < 1.29 is 18.1 Å². The van der Waals surface area contributed by atoms with E-state index in [1.54, 1.807) is 0 Å². The van der Waals surface area contributed by atoms with Crippen LogP contribution in [0.3, 0.4) is 0 Å². The fourth-order valence-electron chi connectivity index (χ4n) is 2.84. The number of hydrogen-bond donors (Lipinski definition) is 2. The number of hydrogen-bond acceptors (Lipinski definition) is 4. The van der Waals surface area contributed by atoms with Crippen LogP contribution < -0.4 is 4.90 Å². The molecule has 2 aromatic carbocycles. The molecular weight excluding hydrogens is 326 g/mol. The molecule has 1 aliphatic heterocycles. The van der Waals surface area contributed by atoms with Crippen molar-refractivity contribution in [1.82, 2.24) is 0 Å². The molecule has 2 N–H and O–H groups in total. The molecule has 5 nitrogen and oxygen atoms in total. The molecule has 0 fully saturated rings. The van der Waals surface area contributed by atoms with Crippen LogP contribution in [0.1, 0.15) is 17.5 Å². The Morgan fingerprint density at radius 3 is 1.79 bits per heavy atom. The van der Waals surface area contributed by atoms with Gasteiger partial charge < -0.3 is 10.0 Å². The molecule has 0 atom stereocenters. The quantitative estimate of drug-likeness (QED) is 0.833. The highest BCUT2D eigenvalue weighted by molar-refractivity contribution is 7.85. The zero-order valence-corrected chi connectivity index (χ0v) is 14.5. The first-order valence-corrected chi connectivity index (χ1v) is 9.71. The Balaban J connectivity index is 0.000000368. The summed E-state index contributed by atoms with van der Waals surface area (Å²) in [7, 11) is -3.67. The van der Waals surface area contributed by atoms with Crippen molar-refractivity contribution in [3.05, 3.63) is 59.7 Å². The summed E-state index contributed by atoms with van der Waals surface area (Å²) < 4.78 is 25.9. The molecule has 2 aromatic rings. The van der Waals surface area contributed by atoms with E-state index in [1.165, 1.54) is 22.5 Å². The highest BCUT2D eigenvalue weighted by Gasteiger charge is 2.19. The number of aliphatic hydroxyl groups is 1. The van der Waals surface area contributed by atoms with E-state index in [4.69, 9.17) is 9.66 Å². The molecule has 0 saturated carbocycles. The lowest BCUT2D eigenvalue weighted by Crippen LogP contribution is -2.20. The predicted octanol–water partition coefficient (Wildman–Crippen LogP) is 2.81. The van der Waals surface area contributed by atoms with Crippen molar-refractivity contribution in [2.75, 3.05) is 24.3 Å². The summed E-state index contributed by atoms with van der Waals surface area (Å²) in [6.07, 6.45) is 3.68. The highest BCUT2D eigenvalue weighted by Crippen LogP contribution is 2.35. The number of fused-ring (bicyclic) bond motifs is 2. The van der Waals surface area contributed by atoms with Gasteiger partial charge in [-0.05, 0) is 42.5 Å². The van der Waals surface area contributed by atoms with Crippen LogP contribution in [-0.4, -0.2) is 37.5 Å². The number of aliphatic hydroxyl groups excluding tert-OH is 1. The van der Waals surface area contributed by atoms with Gasteiger partial charge in [-0.15, -0.1) is 0 Å². The lowest BCUT2D eigenvalue weighted by molar-refractivity contribution is 0.291. The first kappa shape index (κ1) is 18.4. The second kappa shape index (κ2) is 8.28. The van der Waals surface area contributed by atoms with Gasteiger partial charge in [0.15, 0.2) is 0 Å². The van der Waals surface area contributed by atoms with Gasteiger partial charge in [-0.2, -0.15) is 8.42 Å². The average molecular weight is 349 g/mol. The van der Waals surface area contributed by atoms with Gasteiger partial charge in [0.25, 0.3) is 10.1 Å². The Bertz CT molecular complexity index is 719. The Labute approximate surface area is 143 Å². The standard InChI is InChI=1S/C17H19NO.CH4O3S/c19-13-5-12-18-16-8-3-1-6-14(16)10-11-15-7-2-4-9-17(15)18;1-5(2,3)4/h1-4,6-9,19H,5,10-13H2;1H3,(H,2,3,4). The molecule has 0 amide bonds. The summed E-state index contributed by atoms with van der Waals surface area (Å²) in [5.41, 5.74) is 5.38. The monoisotopic (exact) mass is 349 g/mol. The molecule has 6 heteroatoms. The maximum atomic E-state index is 9.19. The summed E-state index contributed by atoms with van der Waals surface area (Å²) in [5, 5.41) is 9.14. The van der Waals surface area contributed by atoms with E-state index in [2.05, 4.69) is 53.4 Å². The van der Waals surface area contributed by atoms with E-state index < -0.39 is 10.1 Å². The Morgan fingerprint density at radius 1 is 0.958 bits per heavy atom. The van der Waals surface area contributed by atoms with E-state index in [0.717, 1.165) is 25.8 Å². The van der Waals surface area contributed by atoms with E-state index in [1.807, 2.05) is 0 Å². The van der Waals surface area contributed by atoms with E-state index in [0.29, 0.717) is 6.26 Å². The van der Waals surface area contributed by atoms with Crippen molar-refractivity contribution in [3.8, 4) is 0 Å². The molecule has 0 spiro atoms. The van der Waals surface area contributed by atoms with Crippen molar-refractivity contribution >= 4 is 21.5 Å². The maximum Gasteiger partial charge on any atom is 0.261 e. The molecular formula is C18H23NO4S. The lowest BCUT2D eigenvalue weighted by atomic mass is 10.0. The second-order valence-electron chi connectivity index (χ2n) is 5.72. The minimum Gasteiger partial charge on any atom is -0.396 e. The van der Waals surface area contributed by atoms with Crippen molar-refractivity contribution in [2.24, 2.45) is 0 Å². The van der Waals surface area contributed by atoms with Gasteiger partial charge in [0.05, 0.1) is 6.26 Å². The van der Waals surface area contributed by atoms with Crippen LogP contribution in [-0.2, 0) is 23.0 Å². The van der Waals surface area contributed by atoms with E-state index >= 15 is 0 Å². The molecule has 0 unspecified atom stereocenters. The van der Waals surface area contributed by atoms with Gasteiger partial charge in [0, 0.05) is 24.5 Å². The van der Waals surface area contributed by atoms with Crippen LogP contribution in [0.25, 0.3) is 0 Å². The molecule has 0 radical (unpaired) electrons. The Morgan fingerprint density at radius 2 is 1.38 bits per heavy atom. The molecule has 24 heavy (non-hydrogen) atoms. The third-order valence-corrected chi connectivity index (χ3v) is 3.77. The average Bonchev–Trinajstić information content (AvgIpc) is 2.68. The largest absolute Gasteiger partial charge is 0.396 e. The first-order valence-electron chi connectivity index (χ1n) is 7.87. The summed E-state index contributed by atoms with van der Waals surface area (Å²) in [5.74, 6) is 0. The van der Waals surface area contributed by atoms with Gasteiger partial charge in [0.2, 0.25) is 0 Å². The van der Waals surface area contributed by atoms with Gasteiger partial charge in [-0.25, -0.2) is 0 Å². The van der Waals surface area contributed by atoms with Crippen LogP contribution in [0.4, 0.5) is 11.4 Å². The van der Waals surface area contributed by atoms with Crippen molar-refractivity contribution in [1.29, 1.82) is 0 Å². The maximum absolute atomic E-state index is 9.19. The van der Waals surface area contributed by atoms with E-state index in [-0.39, 0.29) is 6.61 Å². The smallest absolute Gasteiger partial charge is 0.261 e. The first-order chi connectivity index (χ1) is 11.4. The third-order valence-electron chi connectivity index (χ3n) is 3.77. The molecule has 0 saturated heterocycles. The predicted molar refractivity (Wildman–Crippen MR) is 96.5 cm³/mol. The van der Waals surface area contributed by atoms with Gasteiger partial charge in [0.1, 0.15) is 0 Å². The van der Waals surface area contributed by atoms with Gasteiger partial charge >= 0.3 is 0 Å². The zero-order valence-electron chi connectivity index (χ0n) is 13.7. The van der Waals surface area contributed by atoms with Crippen molar-refractivity contribution in [2.45, 2.75) is 19.3 Å². The molecule has 0 aromatic heterocycles. The minimum atomic E-state index is -3.67. The number of anilines is 2. The molecule has 3 rings (SSSR count). The third kappa shape index (κ3) is 5.33. The molecule has 0 aliphatic carbocycles. The Hall–Kier alpha value is -1.89. The minimum absolute atomic E-state index is 0.237. The fourth-order valence-corrected chi connectivity index (χ4v) is 2.84.